The molecule has 1 amide bonds. The van der Waals surface area contributed by atoms with E-state index < -0.39 is 0 Å². The van der Waals surface area contributed by atoms with Crippen LogP contribution in [0.15, 0.2) is 175 Å². The lowest BCUT2D eigenvalue weighted by Gasteiger charge is -2.42. The van der Waals surface area contributed by atoms with E-state index in [9.17, 15) is 0 Å². The number of hydrogen-bond donors (Lipinski definition) is 1. The van der Waals surface area contributed by atoms with Crippen molar-refractivity contribution < 1.29 is 4.79 Å². The van der Waals surface area contributed by atoms with Gasteiger partial charge in [0.05, 0.1) is 16.7 Å². The second-order valence-electron chi connectivity index (χ2n) is 19.2. The molecule has 0 saturated carbocycles. The van der Waals surface area contributed by atoms with E-state index >= 15 is 9.59 Å². The molecule has 68 heavy (non-hydrogen) atoms. The van der Waals surface area contributed by atoms with Crippen LogP contribution in [0.25, 0.3) is 146 Å². The van der Waals surface area contributed by atoms with Crippen molar-refractivity contribution in [3.05, 3.63) is 191 Å². The van der Waals surface area contributed by atoms with Gasteiger partial charge >= 0.3 is 0 Å². The molecule has 0 bridgehead atoms. The van der Waals surface area contributed by atoms with E-state index in [1.165, 1.54) is 21.5 Å². The highest BCUT2D eigenvalue weighted by Crippen LogP contribution is 2.54. The van der Waals surface area contributed by atoms with Crippen molar-refractivity contribution in [3.8, 4) is 0 Å². The molecule has 1 unspecified atom stereocenters. The maximum Gasteiger partial charge on any atom is 0.264 e. The summed E-state index contributed by atoms with van der Waals surface area (Å²) in [4.78, 5) is 37.7. The predicted octanol–water partition coefficient (Wildman–Crippen LogP) is 15.1. The molecule has 0 aliphatic carbocycles. The Morgan fingerprint density at radius 3 is 1.62 bits per heavy atom. The lowest BCUT2D eigenvalue weighted by molar-refractivity contribution is 0.0977. The molecule has 18 rings (SSSR count). The zero-order valence-corrected chi connectivity index (χ0v) is 35.9. The molecule has 1 N–H and O–H groups in total. The van der Waals surface area contributed by atoms with Gasteiger partial charge in [-0.1, -0.05) is 127 Å². The van der Waals surface area contributed by atoms with Gasteiger partial charge in [-0.05, 0) is 129 Å². The van der Waals surface area contributed by atoms with E-state index in [1.807, 2.05) is 15.4 Å². The van der Waals surface area contributed by atoms with Crippen LogP contribution in [0.4, 0.5) is 11.4 Å². The highest BCUT2D eigenvalue weighted by atomic mass is 16.2. The van der Waals surface area contributed by atoms with Crippen LogP contribution >= 0.6 is 0 Å². The summed E-state index contributed by atoms with van der Waals surface area (Å²) in [6, 6.07) is 60.5. The Bertz CT molecular complexity index is 5120. The Hall–Kier alpha value is -9.13. The first kappa shape index (κ1) is 34.3. The topological polar surface area (TPSA) is 66.7 Å². The molecule has 16 aromatic rings. The van der Waals surface area contributed by atoms with Gasteiger partial charge in [-0.15, -0.1) is 0 Å². The molecule has 4 heterocycles. The number of rotatable bonds is 0. The number of carbonyl (C=O) groups is 1. The number of anilines is 2. The standard InChI is InChI=1S/C62H30N4O2/c67-61-45-25-21-41-37-17-16-36-40-20-24-44-56-46(62(68)66-58-34-12-4-2-8-30(34)28-32-10-6-14-48(50(32)58)64-60(44)66)26-22-42(54(40)56)38-18-15-35(51(37)52(36)38)39-19-23-43(55(45)53(39)41)59-63-47-13-5-9-31-27-29-7-1-3-11-33(29)57(49(31)47)65(59)61/h1-28,59,63H. The van der Waals surface area contributed by atoms with Gasteiger partial charge in [-0.3, -0.25) is 18.9 Å². The second kappa shape index (κ2) is 11.3. The molecule has 310 valence electrons. The normalized spacial score (nSPS) is 15.1. The summed E-state index contributed by atoms with van der Waals surface area (Å²) in [7, 11) is 0. The van der Waals surface area contributed by atoms with Crippen LogP contribution in [0.5, 0.6) is 0 Å². The van der Waals surface area contributed by atoms with E-state index in [0.717, 1.165) is 136 Å². The average molecular weight is 863 g/mol. The Morgan fingerprint density at radius 1 is 0.412 bits per heavy atom. The van der Waals surface area contributed by atoms with Crippen LogP contribution < -0.4 is 15.8 Å². The summed E-state index contributed by atoms with van der Waals surface area (Å²) in [5.41, 5.74) is 6.24. The van der Waals surface area contributed by atoms with E-state index in [1.54, 1.807) is 0 Å². The number of pyridine rings is 1. The van der Waals surface area contributed by atoms with Gasteiger partial charge in [-0.2, -0.15) is 0 Å². The molecule has 2 aliphatic rings. The quantitative estimate of drug-likeness (QED) is 0.122. The molecule has 2 aliphatic heterocycles. The first-order valence-corrected chi connectivity index (χ1v) is 23.3. The second-order valence-corrected chi connectivity index (χ2v) is 19.2. The minimum atomic E-state index is -0.375. The van der Waals surface area contributed by atoms with Crippen molar-refractivity contribution in [2.24, 2.45) is 0 Å². The summed E-state index contributed by atoms with van der Waals surface area (Å²) in [5, 5.41) is 29.9. The lowest BCUT2D eigenvalue weighted by Crippen LogP contribution is -2.44. The first-order chi connectivity index (χ1) is 33.6. The van der Waals surface area contributed by atoms with Crippen LogP contribution in [0.3, 0.4) is 0 Å². The Morgan fingerprint density at radius 2 is 0.926 bits per heavy atom. The Kier molecular flexibility index (Phi) is 5.68. The minimum Gasteiger partial charge on any atom is -0.360 e. The fraction of sp³-hybridized carbons (Fsp3) is 0.0161. The van der Waals surface area contributed by atoms with Gasteiger partial charge in [0.1, 0.15) is 11.8 Å². The number of nitrogens with one attached hydrogen (secondary N) is 1. The molecule has 2 aromatic heterocycles. The molecule has 0 fully saturated rings. The number of benzene rings is 14. The van der Waals surface area contributed by atoms with E-state index in [0.29, 0.717) is 11.0 Å². The van der Waals surface area contributed by atoms with Crippen LogP contribution in [-0.4, -0.2) is 15.3 Å². The minimum absolute atomic E-state index is 0.00825. The molecule has 0 saturated heterocycles. The molecule has 1 atom stereocenters. The zero-order chi connectivity index (χ0) is 44.0. The van der Waals surface area contributed by atoms with Gasteiger partial charge in [0.2, 0.25) is 0 Å². The number of carbonyl (C=O) groups excluding carboxylic acids is 1. The van der Waals surface area contributed by atoms with E-state index in [-0.39, 0.29) is 17.6 Å². The molecule has 6 nitrogen and oxygen atoms in total. The van der Waals surface area contributed by atoms with Crippen molar-refractivity contribution in [2.45, 2.75) is 6.17 Å². The number of fused-ring (bicyclic) bond motifs is 14. The van der Waals surface area contributed by atoms with Crippen molar-refractivity contribution in [3.63, 3.8) is 0 Å². The fourth-order valence-electron chi connectivity index (χ4n) is 13.6. The van der Waals surface area contributed by atoms with Crippen LogP contribution in [0, 0.1) is 0 Å². The molecule has 6 heteroatoms. The third-order valence-electron chi connectivity index (χ3n) is 16.2. The third kappa shape index (κ3) is 3.71. The monoisotopic (exact) mass is 862 g/mol. The number of amides is 1. The highest BCUT2D eigenvalue weighted by Gasteiger charge is 2.41. The Labute approximate surface area is 383 Å². The zero-order valence-electron chi connectivity index (χ0n) is 35.9. The first-order valence-electron chi connectivity index (χ1n) is 23.3. The summed E-state index contributed by atoms with van der Waals surface area (Å²) in [5.74, 6) is 0.00825. The van der Waals surface area contributed by atoms with E-state index in [4.69, 9.17) is 4.98 Å². The SMILES string of the molecule is O=C1c2ccc3c4ccc5c6ccc7c8c(ccc(c9ccc(c%10ccc(c2c%103)C2Nc3cccc%10cc%11ccccc%11c(c3%10)N12)c4c95)c68)c(=O)n1c7nc2cccc3cc4ccccc4c1c32. The summed E-state index contributed by atoms with van der Waals surface area (Å²) < 4.78 is 1.88. The average Bonchev–Trinajstić information content (AvgIpc) is 3.38. The molecule has 0 spiro atoms. The Balaban J connectivity index is 0.920. The van der Waals surface area contributed by atoms with Crippen LogP contribution in [0.2, 0.25) is 0 Å². The molecular weight excluding hydrogens is 833 g/mol. The van der Waals surface area contributed by atoms with Crippen molar-refractivity contribution >= 4 is 163 Å². The van der Waals surface area contributed by atoms with Crippen molar-refractivity contribution in [1.29, 1.82) is 0 Å². The molecule has 0 radical (unpaired) electrons. The van der Waals surface area contributed by atoms with Gasteiger partial charge in [0.25, 0.3) is 11.5 Å². The third-order valence-corrected chi connectivity index (χ3v) is 16.2. The number of nitrogens with zero attached hydrogens (tertiary/aromatic N) is 3. The van der Waals surface area contributed by atoms with Gasteiger partial charge in [0.15, 0.2) is 0 Å². The maximum absolute atomic E-state index is 15.2. The van der Waals surface area contributed by atoms with Gasteiger partial charge in [-0.25, -0.2) is 4.98 Å². The predicted molar refractivity (Wildman–Crippen MR) is 282 cm³/mol. The van der Waals surface area contributed by atoms with Crippen molar-refractivity contribution in [1.82, 2.24) is 9.38 Å². The largest absolute Gasteiger partial charge is 0.360 e. The number of hydrogen-bond acceptors (Lipinski definition) is 4. The van der Waals surface area contributed by atoms with Crippen LogP contribution in [-0.2, 0) is 0 Å². The van der Waals surface area contributed by atoms with Crippen LogP contribution in [0.1, 0.15) is 22.1 Å². The summed E-state index contributed by atoms with van der Waals surface area (Å²) in [6.45, 7) is 0. The lowest BCUT2D eigenvalue weighted by atomic mass is 9.81. The molecule has 14 aromatic carbocycles. The molecular formula is C62H30N4O2. The summed E-state index contributed by atoms with van der Waals surface area (Å²) >= 11 is 0. The summed E-state index contributed by atoms with van der Waals surface area (Å²) in [6.07, 6.45) is -0.375. The van der Waals surface area contributed by atoms with Gasteiger partial charge < -0.3 is 5.32 Å². The fourth-order valence-corrected chi connectivity index (χ4v) is 13.6. The highest BCUT2D eigenvalue weighted by molar-refractivity contribution is 6.45. The smallest absolute Gasteiger partial charge is 0.264 e. The van der Waals surface area contributed by atoms with Crippen molar-refractivity contribution in [2.75, 3.05) is 10.2 Å². The number of aromatic nitrogens is 2. The maximum atomic E-state index is 15.2. The van der Waals surface area contributed by atoms with E-state index in [2.05, 4.69) is 169 Å². The van der Waals surface area contributed by atoms with Gasteiger partial charge in [0, 0.05) is 59.9 Å².